The van der Waals surface area contributed by atoms with Crippen molar-refractivity contribution >= 4 is 28.9 Å². The van der Waals surface area contributed by atoms with Crippen LogP contribution < -0.4 is 10.7 Å². The summed E-state index contributed by atoms with van der Waals surface area (Å²) in [5, 5.41) is 8.06. The van der Waals surface area contributed by atoms with Crippen LogP contribution in [0.15, 0.2) is 77.9 Å². The number of halogens is 1. The molecule has 6 nitrogen and oxygen atoms in total. The van der Waals surface area contributed by atoms with E-state index in [2.05, 4.69) is 20.4 Å². The van der Waals surface area contributed by atoms with Gasteiger partial charge in [-0.3, -0.25) is 9.59 Å². The SMILES string of the molecule is Cc1ccc(C(=O)NC(C(=O)NN=Cc2c(C)n(Cc3ccc(F)cc3)c3ccccc23)C(C)C)cc1. The number of nitrogens with zero attached hydrogens (tertiary/aromatic N) is 2. The Bertz CT molecular complexity index is 1440. The summed E-state index contributed by atoms with van der Waals surface area (Å²) in [7, 11) is 0. The second-order valence-electron chi connectivity index (χ2n) is 9.52. The molecule has 0 saturated heterocycles. The standard InChI is InChI=1S/C30H31FN4O2/c1-19(2)28(33-29(36)23-13-9-20(3)10-14-23)30(37)34-32-17-26-21(4)35(27-8-6-5-7-25(26)27)18-22-11-15-24(31)16-12-22/h5-17,19,28H,18H2,1-4H3,(H,33,36)(H,34,37). The van der Waals surface area contributed by atoms with Crippen molar-refractivity contribution in [2.45, 2.75) is 40.3 Å². The minimum Gasteiger partial charge on any atom is -0.340 e. The molecule has 1 unspecified atom stereocenters. The highest BCUT2D eigenvalue weighted by Crippen LogP contribution is 2.25. The Kier molecular flexibility index (Phi) is 7.82. The highest BCUT2D eigenvalue weighted by atomic mass is 19.1. The van der Waals surface area contributed by atoms with Crippen LogP contribution in [0.5, 0.6) is 0 Å². The summed E-state index contributed by atoms with van der Waals surface area (Å²) in [6, 6.07) is 20.9. The molecule has 4 aromatic rings. The van der Waals surface area contributed by atoms with Crippen LogP contribution in [0.2, 0.25) is 0 Å². The number of amides is 2. The predicted molar refractivity (Wildman–Crippen MR) is 145 cm³/mol. The first kappa shape index (κ1) is 25.8. The van der Waals surface area contributed by atoms with Crippen LogP contribution in [0.25, 0.3) is 10.9 Å². The Hall–Kier alpha value is -4.26. The fourth-order valence-corrected chi connectivity index (χ4v) is 4.29. The lowest BCUT2D eigenvalue weighted by molar-refractivity contribution is -0.123. The van der Waals surface area contributed by atoms with Gasteiger partial charge >= 0.3 is 0 Å². The molecule has 4 rings (SSSR count). The molecule has 0 aliphatic heterocycles. The molecule has 0 spiro atoms. The van der Waals surface area contributed by atoms with Crippen LogP contribution in [0.4, 0.5) is 4.39 Å². The highest BCUT2D eigenvalue weighted by molar-refractivity contribution is 6.02. The van der Waals surface area contributed by atoms with Crippen molar-refractivity contribution in [1.82, 2.24) is 15.3 Å². The minimum atomic E-state index is -0.744. The largest absolute Gasteiger partial charge is 0.340 e. The number of hydrogen-bond acceptors (Lipinski definition) is 3. The highest BCUT2D eigenvalue weighted by Gasteiger charge is 2.24. The van der Waals surface area contributed by atoms with E-state index in [4.69, 9.17) is 0 Å². The maximum absolute atomic E-state index is 13.4. The minimum absolute atomic E-state index is 0.135. The van der Waals surface area contributed by atoms with Crippen LogP contribution in [0.1, 0.15) is 46.6 Å². The van der Waals surface area contributed by atoms with Gasteiger partial charge in [-0.1, -0.05) is 61.9 Å². The van der Waals surface area contributed by atoms with Gasteiger partial charge in [-0.15, -0.1) is 0 Å². The lowest BCUT2D eigenvalue weighted by Gasteiger charge is -2.20. The molecular weight excluding hydrogens is 467 g/mol. The van der Waals surface area contributed by atoms with Crippen LogP contribution in [0.3, 0.4) is 0 Å². The smallest absolute Gasteiger partial charge is 0.262 e. The van der Waals surface area contributed by atoms with Gasteiger partial charge in [-0.2, -0.15) is 5.10 Å². The molecule has 3 aromatic carbocycles. The monoisotopic (exact) mass is 498 g/mol. The van der Waals surface area contributed by atoms with Crippen LogP contribution in [-0.2, 0) is 11.3 Å². The molecule has 2 amide bonds. The molecule has 0 aliphatic rings. The Balaban J connectivity index is 1.52. The first-order chi connectivity index (χ1) is 17.7. The third-order valence-corrected chi connectivity index (χ3v) is 6.45. The van der Waals surface area contributed by atoms with E-state index in [0.717, 1.165) is 33.3 Å². The van der Waals surface area contributed by atoms with Crippen molar-refractivity contribution in [3.63, 3.8) is 0 Å². The summed E-state index contributed by atoms with van der Waals surface area (Å²) in [6.07, 6.45) is 1.63. The maximum atomic E-state index is 13.4. The van der Waals surface area contributed by atoms with E-state index in [1.165, 1.54) is 12.1 Å². The molecule has 1 aromatic heterocycles. The van der Waals surface area contributed by atoms with Crippen molar-refractivity contribution in [2.24, 2.45) is 11.0 Å². The zero-order valence-electron chi connectivity index (χ0n) is 21.5. The van der Waals surface area contributed by atoms with Crippen molar-refractivity contribution in [3.8, 4) is 0 Å². The summed E-state index contributed by atoms with van der Waals surface area (Å²) >= 11 is 0. The zero-order valence-corrected chi connectivity index (χ0v) is 21.5. The Labute approximate surface area is 216 Å². The average molecular weight is 499 g/mol. The van der Waals surface area contributed by atoms with Crippen LogP contribution >= 0.6 is 0 Å². The van der Waals surface area contributed by atoms with E-state index < -0.39 is 6.04 Å². The van der Waals surface area contributed by atoms with Gasteiger partial charge < -0.3 is 9.88 Å². The fourth-order valence-electron chi connectivity index (χ4n) is 4.29. The number of hydrazone groups is 1. The lowest BCUT2D eigenvalue weighted by atomic mass is 10.0. The molecular formula is C30H31FN4O2. The van der Waals surface area contributed by atoms with E-state index in [-0.39, 0.29) is 23.5 Å². The number of benzene rings is 3. The number of fused-ring (bicyclic) bond motifs is 1. The molecule has 7 heteroatoms. The molecule has 0 fully saturated rings. The van der Waals surface area contributed by atoms with Gasteiger partial charge in [0.1, 0.15) is 11.9 Å². The van der Waals surface area contributed by atoms with Crippen molar-refractivity contribution in [3.05, 3.63) is 107 Å². The second kappa shape index (κ2) is 11.2. The van der Waals surface area contributed by atoms with Gasteiger partial charge in [0.25, 0.3) is 11.8 Å². The summed E-state index contributed by atoms with van der Waals surface area (Å²) in [4.78, 5) is 25.6. The number of nitrogens with one attached hydrogen (secondary N) is 2. The molecule has 0 radical (unpaired) electrons. The zero-order chi connectivity index (χ0) is 26.5. The number of hydrogen-bond donors (Lipinski definition) is 2. The van der Waals surface area contributed by atoms with Crippen molar-refractivity contribution in [1.29, 1.82) is 0 Å². The molecule has 1 heterocycles. The molecule has 0 bridgehead atoms. The first-order valence-electron chi connectivity index (χ1n) is 12.3. The van der Waals surface area contributed by atoms with Crippen LogP contribution in [0, 0.1) is 25.6 Å². The Morgan fingerprint density at radius 1 is 0.973 bits per heavy atom. The number of carbonyl (C=O) groups excluding carboxylic acids is 2. The second-order valence-corrected chi connectivity index (χ2v) is 9.52. The number of aromatic nitrogens is 1. The Morgan fingerprint density at radius 2 is 1.65 bits per heavy atom. The third-order valence-electron chi connectivity index (χ3n) is 6.45. The Morgan fingerprint density at radius 3 is 2.32 bits per heavy atom. The first-order valence-corrected chi connectivity index (χ1v) is 12.3. The van der Waals surface area contributed by atoms with Gasteiger partial charge in [0, 0.05) is 34.3 Å². The van der Waals surface area contributed by atoms with Gasteiger partial charge in [0.15, 0.2) is 0 Å². The summed E-state index contributed by atoms with van der Waals surface area (Å²) in [5.74, 6) is -1.10. The quantitative estimate of drug-likeness (QED) is 0.254. The molecule has 0 saturated carbocycles. The van der Waals surface area contributed by atoms with E-state index in [0.29, 0.717) is 12.1 Å². The maximum Gasteiger partial charge on any atom is 0.262 e. The lowest BCUT2D eigenvalue weighted by Crippen LogP contribution is -2.48. The van der Waals surface area contributed by atoms with E-state index in [1.807, 2.05) is 64.1 Å². The van der Waals surface area contributed by atoms with Crippen LogP contribution in [-0.4, -0.2) is 28.6 Å². The summed E-state index contributed by atoms with van der Waals surface area (Å²) in [5.41, 5.74) is 7.99. The molecule has 1 atom stereocenters. The molecule has 190 valence electrons. The van der Waals surface area contributed by atoms with Gasteiger partial charge in [0.2, 0.25) is 0 Å². The topological polar surface area (TPSA) is 75.5 Å². The van der Waals surface area contributed by atoms with E-state index in [9.17, 15) is 14.0 Å². The third kappa shape index (κ3) is 5.94. The van der Waals surface area contributed by atoms with Crippen molar-refractivity contribution < 1.29 is 14.0 Å². The van der Waals surface area contributed by atoms with Gasteiger partial charge in [-0.25, -0.2) is 9.82 Å². The molecule has 2 N–H and O–H groups in total. The summed E-state index contributed by atoms with van der Waals surface area (Å²) < 4.78 is 15.5. The fraction of sp³-hybridized carbons (Fsp3) is 0.233. The van der Waals surface area contributed by atoms with E-state index >= 15 is 0 Å². The van der Waals surface area contributed by atoms with Crippen molar-refractivity contribution in [2.75, 3.05) is 0 Å². The van der Waals surface area contributed by atoms with Gasteiger partial charge in [0.05, 0.1) is 6.21 Å². The molecule has 37 heavy (non-hydrogen) atoms. The van der Waals surface area contributed by atoms with E-state index in [1.54, 1.807) is 30.5 Å². The number of carbonyl (C=O) groups is 2. The predicted octanol–water partition coefficient (Wildman–Crippen LogP) is 5.35. The number of aryl methyl sites for hydroxylation is 1. The molecule has 0 aliphatic carbocycles. The number of para-hydroxylation sites is 1. The average Bonchev–Trinajstić information content (AvgIpc) is 3.14. The normalized spacial score (nSPS) is 12.3. The summed E-state index contributed by atoms with van der Waals surface area (Å²) in [6.45, 7) is 8.26. The van der Waals surface area contributed by atoms with Gasteiger partial charge in [-0.05, 0) is 55.7 Å². The number of rotatable bonds is 8.